The monoisotopic (exact) mass is 500 g/mol. The predicted octanol–water partition coefficient (Wildman–Crippen LogP) is 2.87. The summed E-state index contributed by atoms with van der Waals surface area (Å²) in [7, 11) is 4.22. The van der Waals surface area contributed by atoms with Crippen molar-refractivity contribution in [1.29, 1.82) is 0 Å². The second kappa shape index (κ2) is 10.1. The van der Waals surface area contributed by atoms with E-state index in [1.54, 1.807) is 18.2 Å². The number of fused-ring (bicyclic) bond motifs is 1. The summed E-state index contributed by atoms with van der Waals surface area (Å²) in [6.07, 6.45) is 0. The third kappa shape index (κ3) is 4.59. The lowest BCUT2D eigenvalue weighted by Gasteiger charge is -2.23. The SMILES string of the molecule is COC1=C([C@@H](c2cc(OC)c(OC(C)=O)c(OC)c2)c2cc3c(cc2OC(C)=O)OCO3)C(=O)OC1. The summed E-state index contributed by atoms with van der Waals surface area (Å²) in [4.78, 5) is 36.6. The van der Waals surface area contributed by atoms with Gasteiger partial charge in [-0.25, -0.2) is 4.79 Å². The third-order valence-corrected chi connectivity index (χ3v) is 5.52. The number of hydrogen-bond donors (Lipinski definition) is 0. The minimum atomic E-state index is -0.895. The van der Waals surface area contributed by atoms with E-state index in [-0.39, 0.29) is 42.0 Å². The van der Waals surface area contributed by atoms with E-state index in [9.17, 15) is 14.4 Å². The molecule has 11 nitrogen and oxygen atoms in total. The molecule has 0 fully saturated rings. The Morgan fingerprint density at radius 3 is 1.97 bits per heavy atom. The summed E-state index contributed by atoms with van der Waals surface area (Å²) < 4.78 is 43.5. The number of methoxy groups -OCH3 is 3. The van der Waals surface area contributed by atoms with Gasteiger partial charge in [0.1, 0.15) is 18.1 Å². The number of cyclic esters (lactones) is 1. The molecule has 190 valence electrons. The maximum absolute atomic E-state index is 13.0. The minimum Gasteiger partial charge on any atom is -0.497 e. The Bertz CT molecular complexity index is 1240. The first-order valence-electron chi connectivity index (χ1n) is 10.8. The lowest BCUT2D eigenvalue weighted by Crippen LogP contribution is -2.15. The van der Waals surface area contributed by atoms with E-state index in [1.165, 1.54) is 41.2 Å². The summed E-state index contributed by atoms with van der Waals surface area (Å²) in [5.41, 5.74) is 1.03. The molecule has 0 saturated carbocycles. The fourth-order valence-electron chi connectivity index (χ4n) is 4.07. The Labute approximate surface area is 206 Å². The molecule has 36 heavy (non-hydrogen) atoms. The van der Waals surface area contributed by atoms with E-state index in [0.717, 1.165) is 0 Å². The first-order chi connectivity index (χ1) is 17.3. The molecule has 0 radical (unpaired) electrons. The molecule has 0 amide bonds. The van der Waals surface area contributed by atoms with E-state index < -0.39 is 23.8 Å². The van der Waals surface area contributed by atoms with Crippen molar-refractivity contribution < 1.29 is 52.3 Å². The fourth-order valence-corrected chi connectivity index (χ4v) is 4.07. The first kappa shape index (κ1) is 24.7. The van der Waals surface area contributed by atoms with Crippen molar-refractivity contribution in [3.8, 4) is 34.5 Å². The molecular formula is C25H24O11. The molecular weight excluding hydrogens is 476 g/mol. The number of carbonyl (C=O) groups is 3. The fraction of sp³-hybridized carbons (Fsp3) is 0.320. The molecule has 2 aliphatic heterocycles. The van der Waals surface area contributed by atoms with Crippen LogP contribution in [-0.2, 0) is 23.9 Å². The lowest BCUT2D eigenvalue weighted by molar-refractivity contribution is -0.136. The van der Waals surface area contributed by atoms with Crippen molar-refractivity contribution in [3.63, 3.8) is 0 Å². The quantitative estimate of drug-likeness (QED) is 0.392. The van der Waals surface area contributed by atoms with E-state index in [1.807, 2.05) is 0 Å². The van der Waals surface area contributed by atoms with E-state index in [0.29, 0.717) is 28.4 Å². The second-order valence-corrected chi connectivity index (χ2v) is 7.74. The van der Waals surface area contributed by atoms with E-state index in [2.05, 4.69) is 0 Å². The summed E-state index contributed by atoms with van der Waals surface area (Å²) in [5, 5.41) is 0. The topological polar surface area (TPSA) is 125 Å². The van der Waals surface area contributed by atoms with Gasteiger partial charge >= 0.3 is 17.9 Å². The Balaban J connectivity index is 2.02. The average Bonchev–Trinajstić information content (AvgIpc) is 3.45. The van der Waals surface area contributed by atoms with Crippen LogP contribution in [-0.4, -0.2) is 52.6 Å². The van der Waals surface area contributed by atoms with Crippen molar-refractivity contribution in [3.05, 3.63) is 46.7 Å². The third-order valence-electron chi connectivity index (χ3n) is 5.52. The Kier molecular flexibility index (Phi) is 6.91. The summed E-state index contributed by atoms with van der Waals surface area (Å²) in [6, 6.07) is 6.30. The Morgan fingerprint density at radius 2 is 1.42 bits per heavy atom. The van der Waals surface area contributed by atoms with Crippen LogP contribution >= 0.6 is 0 Å². The summed E-state index contributed by atoms with van der Waals surface area (Å²) in [6.45, 7) is 2.41. The van der Waals surface area contributed by atoms with Gasteiger partial charge in [0.2, 0.25) is 12.5 Å². The van der Waals surface area contributed by atoms with Crippen LogP contribution in [0, 0.1) is 0 Å². The smallest absolute Gasteiger partial charge is 0.338 e. The van der Waals surface area contributed by atoms with Crippen LogP contribution in [0.1, 0.15) is 30.9 Å². The van der Waals surface area contributed by atoms with Crippen molar-refractivity contribution in [2.45, 2.75) is 19.8 Å². The van der Waals surface area contributed by atoms with Crippen LogP contribution in [0.25, 0.3) is 0 Å². The van der Waals surface area contributed by atoms with Crippen LogP contribution in [0.15, 0.2) is 35.6 Å². The number of benzene rings is 2. The summed E-state index contributed by atoms with van der Waals surface area (Å²) >= 11 is 0. The van der Waals surface area contributed by atoms with Crippen molar-refractivity contribution in [2.75, 3.05) is 34.7 Å². The van der Waals surface area contributed by atoms with Gasteiger partial charge in [0.05, 0.1) is 26.9 Å². The van der Waals surface area contributed by atoms with Crippen molar-refractivity contribution in [1.82, 2.24) is 0 Å². The molecule has 2 aromatic rings. The molecule has 0 spiro atoms. The van der Waals surface area contributed by atoms with E-state index >= 15 is 0 Å². The number of hydrogen-bond acceptors (Lipinski definition) is 11. The highest BCUT2D eigenvalue weighted by Crippen LogP contribution is 2.49. The first-order valence-corrected chi connectivity index (χ1v) is 10.8. The van der Waals surface area contributed by atoms with Gasteiger partial charge < -0.3 is 37.9 Å². The van der Waals surface area contributed by atoms with Gasteiger partial charge in [0.15, 0.2) is 23.0 Å². The number of rotatable bonds is 8. The number of esters is 3. The Morgan fingerprint density at radius 1 is 0.806 bits per heavy atom. The highest BCUT2D eigenvalue weighted by atomic mass is 16.7. The van der Waals surface area contributed by atoms with Gasteiger partial charge in [-0.15, -0.1) is 0 Å². The molecule has 0 bridgehead atoms. The van der Waals surface area contributed by atoms with Gasteiger partial charge in [-0.3, -0.25) is 9.59 Å². The highest BCUT2D eigenvalue weighted by Gasteiger charge is 2.38. The van der Waals surface area contributed by atoms with Crippen LogP contribution < -0.4 is 28.4 Å². The van der Waals surface area contributed by atoms with Gasteiger partial charge in [0.25, 0.3) is 0 Å². The van der Waals surface area contributed by atoms with Gasteiger partial charge in [-0.2, -0.15) is 0 Å². The average molecular weight is 500 g/mol. The number of ether oxygens (including phenoxy) is 8. The molecule has 0 N–H and O–H groups in total. The molecule has 2 aliphatic rings. The summed E-state index contributed by atoms with van der Waals surface area (Å²) in [5.74, 6) is -1.06. The van der Waals surface area contributed by atoms with Crippen LogP contribution in [0.5, 0.6) is 34.5 Å². The molecule has 0 aromatic heterocycles. The van der Waals surface area contributed by atoms with Gasteiger partial charge in [-0.05, 0) is 23.8 Å². The maximum Gasteiger partial charge on any atom is 0.338 e. The van der Waals surface area contributed by atoms with Gasteiger partial charge in [0, 0.05) is 31.4 Å². The van der Waals surface area contributed by atoms with Crippen molar-refractivity contribution >= 4 is 17.9 Å². The lowest BCUT2D eigenvalue weighted by atomic mass is 9.83. The molecule has 2 heterocycles. The normalized spacial score (nSPS) is 14.8. The standard InChI is InChI=1S/C25H24O11/c1-12(26)35-16-9-18-17(33-11-34-18)8-15(16)22(23-21(31-5)10-32-25(23)28)14-6-19(29-3)24(36-13(2)27)20(7-14)30-4/h6-9,22H,10-11H2,1-5H3/t22-/m0/s1. The zero-order valence-corrected chi connectivity index (χ0v) is 20.3. The number of carbonyl (C=O) groups excluding carboxylic acids is 3. The largest absolute Gasteiger partial charge is 0.497 e. The highest BCUT2D eigenvalue weighted by molar-refractivity contribution is 5.94. The van der Waals surface area contributed by atoms with Crippen LogP contribution in [0.3, 0.4) is 0 Å². The maximum atomic E-state index is 13.0. The van der Waals surface area contributed by atoms with E-state index in [4.69, 9.17) is 37.9 Å². The molecule has 2 aromatic carbocycles. The minimum absolute atomic E-state index is 0.0181. The zero-order valence-electron chi connectivity index (χ0n) is 20.3. The molecule has 0 saturated heterocycles. The van der Waals surface area contributed by atoms with Gasteiger partial charge in [-0.1, -0.05) is 0 Å². The zero-order chi connectivity index (χ0) is 26.0. The molecule has 0 unspecified atom stereocenters. The predicted molar refractivity (Wildman–Crippen MR) is 122 cm³/mol. The molecule has 11 heteroatoms. The molecule has 1 atom stereocenters. The molecule has 4 rings (SSSR count). The Hall–Kier alpha value is -4.41. The van der Waals surface area contributed by atoms with Crippen LogP contribution in [0.2, 0.25) is 0 Å². The van der Waals surface area contributed by atoms with Crippen molar-refractivity contribution in [2.24, 2.45) is 0 Å². The molecule has 0 aliphatic carbocycles. The second-order valence-electron chi connectivity index (χ2n) is 7.74. The van der Waals surface area contributed by atoms with Crippen LogP contribution in [0.4, 0.5) is 0 Å².